The van der Waals surface area contributed by atoms with E-state index in [1.807, 2.05) is 0 Å². The van der Waals surface area contributed by atoms with Gasteiger partial charge in [-0.25, -0.2) is 0 Å². The van der Waals surface area contributed by atoms with Crippen LogP contribution in [0.4, 0.5) is 5.69 Å². The molecule has 1 heterocycles. The van der Waals surface area contributed by atoms with Crippen LogP contribution in [0.2, 0.25) is 0 Å². The number of carbonyl (C=O) groups is 2. The normalized spacial score (nSPS) is 14.7. The zero-order valence-electron chi connectivity index (χ0n) is 13.9. The molecule has 10 heteroatoms. The van der Waals surface area contributed by atoms with E-state index in [4.69, 9.17) is 14.2 Å². The maximum atomic E-state index is 12.1. The molecule has 0 spiro atoms. The minimum absolute atomic E-state index is 0.0119. The zero-order valence-corrected chi connectivity index (χ0v) is 13.9. The van der Waals surface area contributed by atoms with Gasteiger partial charge in [0.1, 0.15) is 12.4 Å². The molecular weight excluding hydrogens is 358 g/mol. The number of nitrogens with one attached hydrogen (secondary N) is 2. The first-order valence-electron chi connectivity index (χ1n) is 7.87. The number of hydrazine groups is 1. The fraction of sp³-hybridized carbons (Fsp3) is 0.176. The van der Waals surface area contributed by atoms with Crippen LogP contribution in [0, 0.1) is 10.1 Å². The molecule has 0 radical (unpaired) electrons. The van der Waals surface area contributed by atoms with Crippen LogP contribution in [0.15, 0.2) is 48.5 Å². The van der Waals surface area contributed by atoms with E-state index >= 15 is 0 Å². The maximum Gasteiger partial charge on any atom is 0.283 e. The van der Waals surface area contributed by atoms with Gasteiger partial charge < -0.3 is 14.2 Å². The summed E-state index contributed by atoms with van der Waals surface area (Å²) < 4.78 is 16.1. The molecule has 10 nitrogen and oxygen atoms in total. The Labute approximate surface area is 153 Å². The fourth-order valence-corrected chi connectivity index (χ4v) is 2.21. The third-order valence-electron chi connectivity index (χ3n) is 3.54. The van der Waals surface area contributed by atoms with Crippen LogP contribution in [0.25, 0.3) is 0 Å². The molecule has 2 aromatic rings. The van der Waals surface area contributed by atoms with Crippen LogP contribution in [0.3, 0.4) is 0 Å². The average molecular weight is 373 g/mol. The molecule has 2 N–H and O–H groups in total. The van der Waals surface area contributed by atoms with Crippen molar-refractivity contribution in [1.29, 1.82) is 0 Å². The third kappa shape index (κ3) is 4.63. The number of nitro benzene ring substituents is 1. The fourth-order valence-electron chi connectivity index (χ4n) is 2.21. The second-order valence-electron chi connectivity index (χ2n) is 5.44. The summed E-state index contributed by atoms with van der Waals surface area (Å²) in [5.74, 6) is 0.0773. The number of benzene rings is 2. The molecule has 0 fully saturated rings. The molecule has 3 rings (SSSR count). The van der Waals surface area contributed by atoms with Gasteiger partial charge in [-0.15, -0.1) is 0 Å². The van der Waals surface area contributed by atoms with E-state index in [2.05, 4.69) is 10.9 Å². The molecule has 0 aromatic heterocycles. The third-order valence-corrected chi connectivity index (χ3v) is 3.54. The highest BCUT2D eigenvalue weighted by molar-refractivity contribution is 5.85. The van der Waals surface area contributed by atoms with Gasteiger partial charge in [-0.05, 0) is 24.3 Å². The molecule has 140 valence electrons. The van der Waals surface area contributed by atoms with Gasteiger partial charge in [0.15, 0.2) is 18.1 Å². The zero-order chi connectivity index (χ0) is 19.2. The van der Waals surface area contributed by atoms with E-state index in [1.54, 1.807) is 24.3 Å². The molecular formula is C17H15N3O7. The molecule has 2 aromatic carbocycles. The maximum absolute atomic E-state index is 12.1. The van der Waals surface area contributed by atoms with E-state index in [1.165, 1.54) is 24.3 Å². The van der Waals surface area contributed by atoms with E-state index < -0.39 is 22.8 Å². The first kappa shape index (κ1) is 18.0. The Morgan fingerprint density at radius 2 is 1.81 bits per heavy atom. The lowest BCUT2D eigenvalue weighted by molar-refractivity contribution is -0.384. The number of ether oxygens (including phenoxy) is 3. The number of rotatable bonds is 5. The summed E-state index contributed by atoms with van der Waals surface area (Å²) in [5.41, 5.74) is 4.34. The van der Waals surface area contributed by atoms with Crippen molar-refractivity contribution in [3.05, 3.63) is 58.6 Å². The van der Waals surface area contributed by atoms with Gasteiger partial charge in [-0.1, -0.05) is 12.1 Å². The number of hydrogen-bond donors (Lipinski definition) is 2. The Bertz CT molecular complexity index is 854. The molecule has 2 amide bonds. The van der Waals surface area contributed by atoms with Crippen LogP contribution in [0.5, 0.6) is 17.2 Å². The Kier molecular flexibility index (Phi) is 5.36. The Hall–Kier alpha value is -3.82. The summed E-state index contributed by atoms with van der Waals surface area (Å²) in [7, 11) is 0. The van der Waals surface area contributed by atoms with Crippen molar-refractivity contribution in [3.63, 3.8) is 0 Å². The van der Waals surface area contributed by atoms with Crippen molar-refractivity contribution >= 4 is 17.5 Å². The summed E-state index contributed by atoms with van der Waals surface area (Å²) in [5, 5.41) is 10.6. The van der Waals surface area contributed by atoms with Crippen LogP contribution in [0.1, 0.15) is 0 Å². The van der Waals surface area contributed by atoms with Gasteiger partial charge >= 0.3 is 0 Å². The van der Waals surface area contributed by atoms with Gasteiger partial charge in [0.05, 0.1) is 4.92 Å². The summed E-state index contributed by atoms with van der Waals surface area (Å²) in [6, 6.07) is 12.2. The second-order valence-corrected chi connectivity index (χ2v) is 5.44. The molecule has 0 bridgehead atoms. The van der Waals surface area contributed by atoms with E-state index in [-0.39, 0.29) is 24.7 Å². The van der Waals surface area contributed by atoms with Crippen molar-refractivity contribution < 1.29 is 28.7 Å². The van der Waals surface area contributed by atoms with Crippen molar-refractivity contribution in [2.45, 2.75) is 6.10 Å². The molecule has 0 aliphatic carbocycles. The number of non-ortho nitro benzene ring substituents is 1. The second kappa shape index (κ2) is 8.04. The highest BCUT2D eigenvalue weighted by Crippen LogP contribution is 2.30. The quantitative estimate of drug-likeness (QED) is 0.590. The van der Waals surface area contributed by atoms with Gasteiger partial charge in [0.2, 0.25) is 6.10 Å². The smallest absolute Gasteiger partial charge is 0.283 e. The summed E-state index contributed by atoms with van der Waals surface area (Å²) >= 11 is 0. The van der Waals surface area contributed by atoms with Gasteiger partial charge in [-0.3, -0.25) is 30.6 Å². The molecule has 27 heavy (non-hydrogen) atoms. The van der Waals surface area contributed by atoms with Gasteiger partial charge in [0.25, 0.3) is 17.5 Å². The largest absolute Gasteiger partial charge is 0.485 e. The van der Waals surface area contributed by atoms with E-state index in [0.717, 1.165) is 0 Å². The Morgan fingerprint density at radius 1 is 1.11 bits per heavy atom. The lowest BCUT2D eigenvalue weighted by atomic mass is 10.2. The Morgan fingerprint density at radius 3 is 2.52 bits per heavy atom. The number of hydrogen-bond acceptors (Lipinski definition) is 7. The first-order valence-corrected chi connectivity index (χ1v) is 7.87. The van der Waals surface area contributed by atoms with Gasteiger partial charge in [-0.2, -0.15) is 0 Å². The summed E-state index contributed by atoms with van der Waals surface area (Å²) in [6.45, 7) is -0.374. The van der Waals surface area contributed by atoms with Crippen LogP contribution >= 0.6 is 0 Å². The van der Waals surface area contributed by atoms with Crippen molar-refractivity contribution in [2.24, 2.45) is 0 Å². The first-order chi connectivity index (χ1) is 13.0. The predicted molar refractivity (Wildman–Crippen MR) is 91.2 cm³/mol. The summed E-state index contributed by atoms with van der Waals surface area (Å²) in [6.07, 6.45) is -0.907. The van der Waals surface area contributed by atoms with Crippen LogP contribution in [-0.2, 0) is 9.59 Å². The standard InChI is InChI=1S/C17H15N3O7/c21-16(10-25-12-7-5-11(6-8-12)20(23)24)18-19-17(22)15-9-26-13-3-1-2-4-14(13)27-15/h1-8,15H,9-10H2,(H,18,21)(H,19,22)/t15-/m1/s1. The highest BCUT2D eigenvalue weighted by atomic mass is 16.6. The number of fused-ring (bicyclic) bond motifs is 1. The lowest BCUT2D eigenvalue weighted by Crippen LogP contribution is -2.51. The van der Waals surface area contributed by atoms with Crippen LogP contribution < -0.4 is 25.1 Å². The minimum Gasteiger partial charge on any atom is -0.485 e. The molecule has 0 unspecified atom stereocenters. The molecule has 1 aliphatic heterocycles. The van der Waals surface area contributed by atoms with Crippen molar-refractivity contribution in [2.75, 3.05) is 13.2 Å². The predicted octanol–water partition coefficient (Wildman–Crippen LogP) is 0.961. The topological polar surface area (TPSA) is 129 Å². The van der Waals surface area contributed by atoms with Gasteiger partial charge in [0, 0.05) is 12.1 Å². The van der Waals surface area contributed by atoms with Crippen molar-refractivity contribution in [3.8, 4) is 17.2 Å². The Balaban J connectivity index is 1.42. The average Bonchev–Trinajstić information content (AvgIpc) is 2.70. The number of para-hydroxylation sites is 2. The van der Waals surface area contributed by atoms with E-state index in [9.17, 15) is 19.7 Å². The molecule has 1 atom stereocenters. The molecule has 0 saturated carbocycles. The lowest BCUT2D eigenvalue weighted by Gasteiger charge is -2.25. The minimum atomic E-state index is -0.907. The molecule has 1 aliphatic rings. The highest BCUT2D eigenvalue weighted by Gasteiger charge is 2.27. The molecule has 0 saturated heterocycles. The number of amides is 2. The monoisotopic (exact) mass is 373 g/mol. The summed E-state index contributed by atoms with van der Waals surface area (Å²) in [4.78, 5) is 33.8. The number of carbonyl (C=O) groups excluding carboxylic acids is 2. The number of nitro groups is 1. The van der Waals surface area contributed by atoms with Crippen molar-refractivity contribution in [1.82, 2.24) is 10.9 Å². The van der Waals surface area contributed by atoms with Crippen LogP contribution in [-0.4, -0.2) is 36.1 Å². The van der Waals surface area contributed by atoms with E-state index in [0.29, 0.717) is 11.5 Å². The number of nitrogens with zero attached hydrogens (tertiary/aromatic N) is 1. The SMILES string of the molecule is O=C(COc1ccc([N+](=O)[O-])cc1)NNC(=O)[C@H]1COc2ccccc2O1.